The molecule has 0 saturated carbocycles. The van der Waals surface area contributed by atoms with Crippen LogP contribution in [-0.2, 0) is 0 Å². The predicted octanol–water partition coefficient (Wildman–Crippen LogP) is 6.33. The highest BCUT2D eigenvalue weighted by Crippen LogP contribution is 2.30. The summed E-state index contributed by atoms with van der Waals surface area (Å²) in [7, 11) is 0. The molecule has 5 rings (SSSR count). The summed E-state index contributed by atoms with van der Waals surface area (Å²) in [4.78, 5) is 17.1. The summed E-state index contributed by atoms with van der Waals surface area (Å²) in [6.07, 6.45) is 0. The van der Waals surface area contributed by atoms with Crippen molar-refractivity contribution in [1.29, 1.82) is 0 Å². The van der Waals surface area contributed by atoms with E-state index in [0.29, 0.717) is 27.8 Å². The van der Waals surface area contributed by atoms with Crippen LogP contribution in [0.3, 0.4) is 0 Å². The molecule has 3 aromatic carbocycles. The molecule has 0 bridgehead atoms. The molecule has 0 aliphatic carbocycles. The fourth-order valence-corrected chi connectivity index (χ4v) is 3.69. The van der Waals surface area contributed by atoms with Gasteiger partial charge in [-0.05, 0) is 67.2 Å². The number of amides is 1. The maximum Gasteiger partial charge on any atom is 0.293 e. The van der Waals surface area contributed by atoms with Gasteiger partial charge >= 0.3 is 0 Å². The van der Waals surface area contributed by atoms with E-state index in [0.717, 1.165) is 22.0 Å². The number of hydrogen-bond donors (Lipinski definition) is 2. The largest absolute Gasteiger partial charge is 0.451 e. The van der Waals surface area contributed by atoms with Crippen LogP contribution in [0.25, 0.3) is 33.5 Å². The molecule has 0 spiro atoms. The van der Waals surface area contributed by atoms with E-state index in [9.17, 15) is 4.79 Å². The highest BCUT2D eigenvalue weighted by atomic mass is 35.5. The molecule has 0 unspecified atom stereocenters. The SMILES string of the molecule is Cc1ccc2nc(-c3ccc(Cl)c(NC(=S)NC(=O)c4cc5ccccc5o4)c3)oc2c1. The zero-order valence-electron chi connectivity index (χ0n) is 16.8. The lowest BCUT2D eigenvalue weighted by Gasteiger charge is -2.11. The number of thiocarbonyl (C=S) groups is 1. The molecule has 158 valence electrons. The van der Waals surface area contributed by atoms with E-state index in [-0.39, 0.29) is 10.9 Å². The quantitative estimate of drug-likeness (QED) is 0.305. The normalized spacial score (nSPS) is 11.1. The van der Waals surface area contributed by atoms with Crippen LogP contribution in [0.4, 0.5) is 5.69 Å². The minimum absolute atomic E-state index is 0.0858. The van der Waals surface area contributed by atoms with Gasteiger partial charge in [0.15, 0.2) is 16.5 Å². The lowest BCUT2D eigenvalue weighted by Crippen LogP contribution is -2.33. The molecule has 2 heterocycles. The van der Waals surface area contributed by atoms with Crippen molar-refractivity contribution in [2.75, 3.05) is 5.32 Å². The summed E-state index contributed by atoms with van der Waals surface area (Å²) in [5.41, 5.74) is 4.42. The first kappa shape index (κ1) is 20.2. The van der Waals surface area contributed by atoms with Crippen LogP contribution in [0.5, 0.6) is 0 Å². The first-order valence-corrected chi connectivity index (χ1v) is 10.5. The summed E-state index contributed by atoms with van der Waals surface area (Å²) in [6.45, 7) is 1.99. The van der Waals surface area contributed by atoms with Crippen molar-refractivity contribution >= 4 is 62.6 Å². The standard InChI is InChI=1S/C24H16ClN3O3S/c1-13-6-9-17-20(10-13)31-23(26-17)15-7-8-16(25)18(11-15)27-24(32)28-22(29)21-12-14-4-2-3-5-19(14)30-21/h2-12H,1H3,(H2,27,28,29,32). The minimum Gasteiger partial charge on any atom is -0.451 e. The van der Waals surface area contributed by atoms with Crippen LogP contribution in [0.2, 0.25) is 5.02 Å². The van der Waals surface area contributed by atoms with Gasteiger partial charge in [-0.2, -0.15) is 0 Å². The molecule has 0 atom stereocenters. The van der Waals surface area contributed by atoms with Crippen molar-refractivity contribution < 1.29 is 13.6 Å². The summed E-state index contributed by atoms with van der Waals surface area (Å²) in [6, 6.07) is 20.1. The van der Waals surface area contributed by atoms with Crippen LogP contribution in [0.15, 0.2) is 75.6 Å². The Morgan fingerprint density at radius 3 is 2.69 bits per heavy atom. The molecule has 8 heteroatoms. The second kappa shape index (κ2) is 8.11. The molecule has 0 aliphatic rings. The Bertz CT molecular complexity index is 1470. The third kappa shape index (κ3) is 3.95. The third-order valence-corrected chi connectivity index (χ3v) is 5.42. The van der Waals surface area contributed by atoms with Crippen molar-refractivity contribution in [2.45, 2.75) is 6.92 Å². The fraction of sp³-hybridized carbons (Fsp3) is 0.0417. The van der Waals surface area contributed by atoms with E-state index in [4.69, 9.17) is 32.7 Å². The fourth-order valence-electron chi connectivity index (χ4n) is 3.32. The zero-order chi connectivity index (χ0) is 22.2. The van der Waals surface area contributed by atoms with E-state index < -0.39 is 5.91 Å². The number of rotatable bonds is 3. The first-order chi connectivity index (χ1) is 15.5. The zero-order valence-corrected chi connectivity index (χ0v) is 18.4. The maximum absolute atomic E-state index is 12.5. The Morgan fingerprint density at radius 2 is 1.84 bits per heavy atom. The average Bonchev–Trinajstić information content (AvgIpc) is 3.39. The average molecular weight is 462 g/mol. The number of aryl methyl sites for hydroxylation is 1. The first-order valence-electron chi connectivity index (χ1n) is 9.74. The van der Waals surface area contributed by atoms with Gasteiger partial charge in [-0.15, -0.1) is 0 Å². The molecular weight excluding hydrogens is 446 g/mol. The Balaban J connectivity index is 1.35. The van der Waals surface area contributed by atoms with E-state index >= 15 is 0 Å². The van der Waals surface area contributed by atoms with Crippen LogP contribution >= 0.6 is 23.8 Å². The number of para-hydroxylation sites is 1. The van der Waals surface area contributed by atoms with Gasteiger partial charge in [-0.1, -0.05) is 35.9 Å². The topological polar surface area (TPSA) is 80.3 Å². The Labute approximate surface area is 193 Å². The number of carbonyl (C=O) groups is 1. The number of nitrogens with zero attached hydrogens (tertiary/aromatic N) is 1. The van der Waals surface area contributed by atoms with Crippen molar-refractivity contribution in [1.82, 2.24) is 10.3 Å². The summed E-state index contributed by atoms with van der Waals surface area (Å²) in [5.74, 6) is 0.166. The van der Waals surface area contributed by atoms with Gasteiger partial charge in [0.25, 0.3) is 5.91 Å². The number of aromatic nitrogens is 1. The Morgan fingerprint density at radius 1 is 1.00 bits per heavy atom. The van der Waals surface area contributed by atoms with Gasteiger partial charge < -0.3 is 14.2 Å². The number of hydrogen-bond acceptors (Lipinski definition) is 5. The molecule has 5 aromatic rings. The predicted molar refractivity (Wildman–Crippen MR) is 129 cm³/mol. The molecule has 0 aliphatic heterocycles. The molecule has 0 saturated heterocycles. The van der Waals surface area contributed by atoms with Gasteiger partial charge in [0.05, 0.1) is 10.7 Å². The Kier molecular flexibility index (Phi) is 5.13. The maximum atomic E-state index is 12.5. The van der Waals surface area contributed by atoms with Crippen LogP contribution in [0.1, 0.15) is 16.1 Å². The molecule has 0 fully saturated rings. The minimum atomic E-state index is -0.458. The molecule has 2 aromatic heterocycles. The van der Waals surface area contributed by atoms with Crippen LogP contribution in [-0.4, -0.2) is 16.0 Å². The van der Waals surface area contributed by atoms with E-state index in [1.54, 1.807) is 30.3 Å². The van der Waals surface area contributed by atoms with Crippen molar-refractivity contribution in [2.24, 2.45) is 0 Å². The molecule has 2 N–H and O–H groups in total. The molecule has 0 radical (unpaired) electrons. The van der Waals surface area contributed by atoms with Crippen molar-refractivity contribution in [3.8, 4) is 11.5 Å². The van der Waals surface area contributed by atoms with E-state index in [2.05, 4.69) is 15.6 Å². The van der Waals surface area contributed by atoms with Crippen LogP contribution in [0, 0.1) is 6.92 Å². The van der Waals surface area contributed by atoms with Gasteiger partial charge in [0, 0.05) is 10.9 Å². The molecule has 1 amide bonds. The van der Waals surface area contributed by atoms with Crippen molar-refractivity contribution in [3.63, 3.8) is 0 Å². The second-order valence-electron chi connectivity index (χ2n) is 7.24. The van der Waals surface area contributed by atoms with Gasteiger partial charge in [-0.25, -0.2) is 4.98 Å². The number of oxazole rings is 1. The number of benzene rings is 3. The third-order valence-electron chi connectivity index (χ3n) is 4.88. The lowest BCUT2D eigenvalue weighted by atomic mass is 10.2. The van der Waals surface area contributed by atoms with Crippen molar-refractivity contribution in [3.05, 3.63) is 83.1 Å². The summed E-state index contributed by atoms with van der Waals surface area (Å²) >= 11 is 11.6. The number of furan rings is 1. The Hall–Kier alpha value is -3.68. The highest BCUT2D eigenvalue weighted by Gasteiger charge is 2.15. The number of fused-ring (bicyclic) bond motifs is 2. The lowest BCUT2D eigenvalue weighted by molar-refractivity contribution is 0.0953. The number of nitrogens with one attached hydrogen (secondary N) is 2. The van der Waals surface area contributed by atoms with Gasteiger partial charge in [-0.3, -0.25) is 10.1 Å². The molecule has 6 nitrogen and oxygen atoms in total. The van der Waals surface area contributed by atoms with Gasteiger partial charge in [0.2, 0.25) is 5.89 Å². The van der Waals surface area contributed by atoms with E-state index in [1.165, 1.54) is 0 Å². The van der Waals surface area contributed by atoms with E-state index in [1.807, 2.05) is 43.3 Å². The number of halogens is 1. The molecular formula is C24H16ClN3O3S. The smallest absolute Gasteiger partial charge is 0.293 e. The molecule has 32 heavy (non-hydrogen) atoms. The highest BCUT2D eigenvalue weighted by molar-refractivity contribution is 7.80. The summed E-state index contributed by atoms with van der Waals surface area (Å²) < 4.78 is 11.5. The van der Waals surface area contributed by atoms with Gasteiger partial charge in [0.1, 0.15) is 11.1 Å². The monoisotopic (exact) mass is 461 g/mol. The number of carbonyl (C=O) groups excluding carboxylic acids is 1. The number of anilines is 1. The summed E-state index contributed by atoms with van der Waals surface area (Å²) in [5, 5.41) is 6.92. The van der Waals surface area contributed by atoms with Crippen LogP contribution < -0.4 is 10.6 Å². The second-order valence-corrected chi connectivity index (χ2v) is 8.06.